The topological polar surface area (TPSA) is 195 Å². The molecule has 0 aromatic heterocycles. The lowest BCUT2D eigenvalue weighted by molar-refractivity contribution is -0.133. The Bertz CT molecular complexity index is 1160. The van der Waals surface area contributed by atoms with Crippen molar-refractivity contribution in [2.24, 2.45) is 23.7 Å². The second-order valence-electron chi connectivity index (χ2n) is 16.0. The third-order valence-electron chi connectivity index (χ3n) is 9.35. The third-order valence-corrected chi connectivity index (χ3v) is 9.35. The van der Waals surface area contributed by atoms with Gasteiger partial charge in [0.25, 0.3) is 0 Å². The first kappa shape index (κ1) is 47.3. The monoisotopic (exact) mass is 736 g/mol. The Morgan fingerprint density at radius 3 is 1.85 bits per heavy atom. The molecule has 1 amide bonds. The van der Waals surface area contributed by atoms with E-state index in [4.69, 9.17) is 0 Å². The number of carbonyl (C=O) groups excluding carboxylic acids is 7. The van der Waals surface area contributed by atoms with Crippen LogP contribution in [-0.2, 0) is 33.6 Å². The van der Waals surface area contributed by atoms with Crippen LogP contribution in [0.1, 0.15) is 108 Å². The Balaban J connectivity index is 2.85. The minimum absolute atomic E-state index is 0.0616. The number of hydrogen-bond donors (Lipinski definition) is 6. The van der Waals surface area contributed by atoms with Gasteiger partial charge < -0.3 is 20.2 Å². The van der Waals surface area contributed by atoms with Crippen molar-refractivity contribution in [3.05, 3.63) is 0 Å². The maximum atomic E-state index is 13.7. The normalized spacial score (nSPS) is 18.6. The zero-order chi connectivity index (χ0) is 39.5. The highest BCUT2D eigenvalue weighted by Crippen LogP contribution is 2.15. The van der Waals surface area contributed by atoms with E-state index in [-0.39, 0.29) is 79.1 Å². The van der Waals surface area contributed by atoms with Crippen molar-refractivity contribution >= 4 is 41.6 Å². The Kier molecular flexibility index (Phi) is 22.3. The van der Waals surface area contributed by atoms with Crippen LogP contribution in [0.2, 0.25) is 0 Å². The van der Waals surface area contributed by atoms with Gasteiger partial charge in [0.2, 0.25) is 5.91 Å². The maximum Gasteiger partial charge on any atom is 0.239 e. The molecule has 1 rings (SSSR count). The summed E-state index contributed by atoms with van der Waals surface area (Å²) < 4.78 is 0. The average Bonchev–Trinajstić information content (AvgIpc) is 3.51. The van der Waals surface area contributed by atoms with E-state index in [1.165, 1.54) is 0 Å². The van der Waals surface area contributed by atoms with Gasteiger partial charge in [0, 0.05) is 6.67 Å². The van der Waals surface area contributed by atoms with Crippen LogP contribution >= 0.6 is 0 Å². The summed E-state index contributed by atoms with van der Waals surface area (Å²) in [6.07, 6.45) is 4.41. The van der Waals surface area contributed by atoms with Crippen molar-refractivity contribution in [3.63, 3.8) is 0 Å². The van der Waals surface area contributed by atoms with E-state index in [1.807, 2.05) is 60.3 Å². The molecule has 0 unspecified atom stereocenters. The highest BCUT2D eigenvalue weighted by Gasteiger charge is 2.31. The maximum absolute atomic E-state index is 13.7. The Morgan fingerprint density at radius 2 is 1.29 bits per heavy atom. The summed E-state index contributed by atoms with van der Waals surface area (Å²) in [4.78, 5) is 90.7. The molecule has 14 heteroatoms. The van der Waals surface area contributed by atoms with Gasteiger partial charge in [-0.25, -0.2) is 10.9 Å². The average molecular weight is 736 g/mol. The molecule has 1 saturated heterocycles. The van der Waals surface area contributed by atoms with Gasteiger partial charge in [-0.05, 0) is 76.2 Å². The molecule has 0 radical (unpaired) electrons. The minimum atomic E-state index is -0.878. The number of Topliss-reactive ketones (excluding diaryl/α,β-unsaturated/α-hetero) is 4. The van der Waals surface area contributed by atoms with Crippen molar-refractivity contribution in [2.45, 2.75) is 150 Å². The number of hydrogen-bond acceptors (Lipinski definition) is 13. The lowest BCUT2D eigenvalue weighted by atomic mass is 9.95. The minimum Gasteiger partial charge on any atom is -0.345 e. The fourth-order valence-electron chi connectivity index (χ4n) is 6.14. The molecule has 52 heavy (non-hydrogen) atoms. The van der Waals surface area contributed by atoms with Crippen LogP contribution in [0.15, 0.2) is 0 Å². The number of rotatable bonds is 29. The summed E-state index contributed by atoms with van der Waals surface area (Å²) in [6.45, 7) is 20.0. The van der Waals surface area contributed by atoms with Crippen molar-refractivity contribution in [2.75, 3.05) is 26.3 Å². The van der Waals surface area contributed by atoms with Gasteiger partial charge in [-0.15, -0.1) is 0 Å². The number of ketones is 4. The van der Waals surface area contributed by atoms with Crippen LogP contribution < -0.4 is 32.1 Å². The second-order valence-corrected chi connectivity index (χ2v) is 16.0. The van der Waals surface area contributed by atoms with Crippen molar-refractivity contribution in [3.8, 4) is 0 Å². The van der Waals surface area contributed by atoms with Crippen molar-refractivity contribution < 1.29 is 33.6 Å². The van der Waals surface area contributed by atoms with Crippen LogP contribution in [0, 0.1) is 23.7 Å². The fraction of sp³-hybridized carbons (Fsp3) is 0.816. The fourth-order valence-corrected chi connectivity index (χ4v) is 6.14. The van der Waals surface area contributed by atoms with Crippen molar-refractivity contribution in [1.29, 1.82) is 0 Å². The molecular formula is C38H69N7O7. The number of carbonyl (C=O) groups is 7. The molecule has 1 aliphatic heterocycles. The first-order valence-electron chi connectivity index (χ1n) is 19.2. The molecule has 14 nitrogen and oxygen atoms in total. The number of nitrogens with zero attached hydrogens (tertiary/aromatic N) is 1. The summed E-state index contributed by atoms with van der Waals surface area (Å²) in [5.74, 6) is -1.07. The van der Waals surface area contributed by atoms with Gasteiger partial charge in [0.05, 0.1) is 55.8 Å². The zero-order valence-electron chi connectivity index (χ0n) is 33.4. The molecule has 1 fully saturated rings. The molecule has 298 valence electrons. The number of amides is 1. The molecule has 0 aliphatic carbocycles. The molecule has 0 spiro atoms. The third kappa shape index (κ3) is 17.8. The largest absolute Gasteiger partial charge is 0.345 e. The SMILES string of the molecule is CC(C)C[C@@H](C=O)NCN[C@@H](C)C(=O)CC(=O)[C@H](CC(C)C)NC(=O)[C@H](CC(C)C)NN[C@H](C(=O)CN[C@@H](C)C(=O)CN1CCC[C@H]1C=O)C(C)C. The number of nitrogens with one attached hydrogen (secondary N) is 6. The van der Waals surface area contributed by atoms with Crippen LogP contribution in [0.4, 0.5) is 0 Å². The number of hydrazine groups is 1. The van der Waals surface area contributed by atoms with E-state index in [2.05, 4.69) is 32.1 Å². The Hall–Kier alpha value is -2.75. The van der Waals surface area contributed by atoms with E-state index in [0.29, 0.717) is 31.7 Å². The summed E-state index contributed by atoms with van der Waals surface area (Å²) in [5, 5.41) is 12.0. The molecule has 0 saturated carbocycles. The Morgan fingerprint density at radius 1 is 0.692 bits per heavy atom. The molecular weight excluding hydrogens is 666 g/mol. The first-order valence-corrected chi connectivity index (χ1v) is 19.2. The molecule has 1 heterocycles. The van der Waals surface area contributed by atoms with Gasteiger partial charge in [0.1, 0.15) is 18.6 Å². The van der Waals surface area contributed by atoms with E-state index in [9.17, 15) is 33.6 Å². The van der Waals surface area contributed by atoms with E-state index >= 15 is 0 Å². The van der Waals surface area contributed by atoms with Gasteiger partial charge in [-0.1, -0.05) is 55.4 Å². The highest BCUT2D eigenvalue weighted by molar-refractivity contribution is 6.04. The van der Waals surface area contributed by atoms with E-state index in [0.717, 1.165) is 25.4 Å². The van der Waals surface area contributed by atoms with Crippen molar-refractivity contribution in [1.82, 2.24) is 37.0 Å². The zero-order valence-corrected chi connectivity index (χ0v) is 33.4. The molecule has 0 aromatic rings. The first-order chi connectivity index (χ1) is 24.4. The quantitative estimate of drug-likeness (QED) is 0.0280. The number of aldehydes is 2. The van der Waals surface area contributed by atoms with Crippen LogP contribution in [0.5, 0.6) is 0 Å². The molecule has 7 atom stereocenters. The summed E-state index contributed by atoms with van der Waals surface area (Å²) >= 11 is 0. The number of likely N-dealkylation sites (tertiary alicyclic amines) is 1. The van der Waals surface area contributed by atoms with Gasteiger partial charge in [0.15, 0.2) is 23.1 Å². The summed E-state index contributed by atoms with van der Waals surface area (Å²) in [5.41, 5.74) is 6.11. The van der Waals surface area contributed by atoms with E-state index < -0.39 is 36.1 Å². The summed E-state index contributed by atoms with van der Waals surface area (Å²) in [6, 6.07) is -4.15. The van der Waals surface area contributed by atoms with Gasteiger partial charge in [-0.3, -0.25) is 39.5 Å². The van der Waals surface area contributed by atoms with Gasteiger partial charge in [-0.2, -0.15) is 0 Å². The van der Waals surface area contributed by atoms with E-state index in [1.54, 1.807) is 13.8 Å². The smallest absolute Gasteiger partial charge is 0.239 e. The Labute approximate surface area is 311 Å². The second kappa shape index (κ2) is 24.5. The highest BCUT2D eigenvalue weighted by atomic mass is 16.2. The molecule has 0 bridgehead atoms. The van der Waals surface area contributed by atoms with Crippen LogP contribution in [-0.4, -0.2) is 115 Å². The summed E-state index contributed by atoms with van der Waals surface area (Å²) in [7, 11) is 0. The lowest BCUT2D eigenvalue weighted by Gasteiger charge is -2.28. The molecule has 6 N–H and O–H groups in total. The van der Waals surface area contributed by atoms with Gasteiger partial charge >= 0.3 is 0 Å². The lowest BCUT2D eigenvalue weighted by Crippen LogP contribution is -2.59. The van der Waals surface area contributed by atoms with Crippen LogP contribution in [0.25, 0.3) is 0 Å². The standard InChI is InChI=1S/C38H69N7O7/c1-23(2)14-29(20-46)41-22-40-27(9)33(48)17-34(49)31(15-24(3)4)42-38(52)32(16-25(5)6)43-44-37(26(7)8)35(50)18-39-28(10)36(51)19-45-13-11-12-30(45)21-47/h20-21,23-32,37,39-41,43-44H,11-19,22H2,1-10H3,(H,42,52)/t27-,28-,29-,30-,31-,32-,37-/m0/s1. The van der Waals surface area contributed by atoms with Crippen LogP contribution in [0.3, 0.4) is 0 Å². The molecule has 1 aliphatic rings. The predicted molar refractivity (Wildman–Crippen MR) is 202 cm³/mol. The molecule has 0 aromatic carbocycles. The predicted octanol–water partition coefficient (Wildman–Crippen LogP) is 1.50.